The van der Waals surface area contributed by atoms with Gasteiger partial charge in [-0.25, -0.2) is 19.2 Å². The molecule has 0 saturated carbocycles. The van der Waals surface area contributed by atoms with Crippen LogP contribution in [-0.4, -0.2) is 23.9 Å². The third kappa shape index (κ3) is 8.74. The summed E-state index contributed by atoms with van der Waals surface area (Å²) in [5, 5.41) is 0. The standard InChI is InChI=1S/C30H30O8/c1-17(2)27(31)35-15-21-9-22(16-36-28(32)18(3)4)11-23(10-21)24-12-25(37-29(33)19(5)6)14-26(13-24)38-30(34)20(7)8/h9-14H,1,3,5,7,15-16H2,2,4,6,8H3. The van der Waals surface area contributed by atoms with Crippen molar-refractivity contribution >= 4 is 23.9 Å². The first-order valence-corrected chi connectivity index (χ1v) is 11.5. The highest BCUT2D eigenvalue weighted by Crippen LogP contribution is 2.32. The van der Waals surface area contributed by atoms with Crippen LogP contribution in [0.2, 0.25) is 0 Å². The smallest absolute Gasteiger partial charge is 0.338 e. The van der Waals surface area contributed by atoms with Gasteiger partial charge in [0, 0.05) is 28.4 Å². The van der Waals surface area contributed by atoms with Crippen molar-refractivity contribution in [3.8, 4) is 22.6 Å². The Morgan fingerprint density at radius 3 is 1.21 bits per heavy atom. The van der Waals surface area contributed by atoms with Crippen LogP contribution >= 0.6 is 0 Å². The highest BCUT2D eigenvalue weighted by Gasteiger charge is 2.15. The minimum absolute atomic E-state index is 0.0806. The maximum absolute atomic E-state index is 12.2. The lowest BCUT2D eigenvalue weighted by Gasteiger charge is -2.14. The van der Waals surface area contributed by atoms with Crippen molar-refractivity contribution in [3.05, 3.63) is 96.1 Å². The van der Waals surface area contributed by atoms with Gasteiger partial charge in [-0.15, -0.1) is 0 Å². The molecule has 0 saturated heterocycles. The van der Waals surface area contributed by atoms with Crippen molar-refractivity contribution < 1.29 is 38.1 Å². The molecular formula is C30H30O8. The third-order valence-electron chi connectivity index (χ3n) is 4.82. The Morgan fingerprint density at radius 1 is 0.526 bits per heavy atom. The number of carbonyl (C=O) groups excluding carboxylic acids is 4. The van der Waals surface area contributed by atoms with E-state index in [-0.39, 0.29) is 47.0 Å². The first kappa shape index (κ1) is 29.5. The van der Waals surface area contributed by atoms with Crippen LogP contribution in [0.3, 0.4) is 0 Å². The Morgan fingerprint density at radius 2 is 0.868 bits per heavy atom. The highest BCUT2D eigenvalue weighted by atomic mass is 16.5. The van der Waals surface area contributed by atoms with E-state index in [1.165, 1.54) is 33.8 Å². The molecule has 0 radical (unpaired) electrons. The van der Waals surface area contributed by atoms with Gasteiger partial charge >= 0.3 is 23.9 Å². The molecule has 0 aliphatic heterocycles. The van der Waals surface area contributed by atoms with Crippen molar-refractivity contribution in [1.82, 2.24) is 0 Å². The van der Waals surface area contributed by atoms with Gasteiger partial charge in [0.1, 0.15) is 24.7 Å². The number of benzene rings is 2. The Bertz CT molecular complexity index is 1250. The van der Waals surface area contributed by atoms with E-state index >= 15 is 0 Å². The van der Waals surface area contributed by atoms with E-state index in [2.05, 4.69) is 26.3 Å². The van der Waals surface area contributed by atoms with Crippen LogP contribution in [0.15, 0.2) is 85.0 Å². The van der Waals surface area contributed by atoms with Gasteiger partial charge in [-0.05, 0) is 80.3 Å². The molecular weight excluding hydrogens is 488 g/mol. The van der Waals surface area contributed by atoms with Gasteiger partial charge in [0.25, 0.3) is 0 Å². The highest BCUT2D eigenvalue weighted by molar-refractivity contribution is 5.90. The molecule has 2 aromatic rings. The second kappa shape index (κ2) is 13.0. The van der Waals surface area contributed by atoms with Crippen LogP contribution < -0.4 is 9.47 Å². The zero-order chi connectivity index (χ0) is 28.6. The van der Waals surface area contributed by atoms with Crippen LogP contribution in [0.25, 0.3) is 11.1 Å². The number of carbonyl (C=O) groups is 4. The lowest BCUT2D eigenvalue weighted by molar-refractivity contribution is -0.140. The molecule has 0 aliphatic rings. The normalized spacial score (nSPS) is 10.1. The third-order valence-corrected chi connectivity index (χ3v) is 4.82. The average molecular weight is 519 g/mol. The van der Waals surface area contributed by atoms with Crippen LogP contribution in [0, 0.1) is 0 Å². The summed E-state index contributed by atoms with van der Waals surface area (Å²) in [5.74, 6) is -2.23. The minimum Gasteiger partial charge on any atom is -0.457 e. The van der Waals surface area contributed by atoms with Gasteiger partial charge in [-0.2, -0.15) is 0 Å². The SMILES string of the molecule is C=C(C)C(=O)OCc1cc(COC(=O)C(=C)C)cc(-c2cc(OC(=O)C(=C)C)cc(OC(=O)C(=C)C)c2)c1. The molecule has 0 unspecified atom stereocenters. The fourth-order valence-electron chi connectivity index (χ4n) is 2.88. The number of hydrogen-bond acceptors (Lipinski definition) is 8. The summed E-state index contributed by atoms with van der Waals surface area (Å²) in [4.78, 5) is 48.2. The molecule has 8 nitrogen and oxygen atoms in total. The molecule has 2 aromatic carbocycles. The quantitative estimate of drug-likeness (QED) is 0.216. The fourth-order valence-corrected chi connectivity index (χ4v) is 2.88. The monoisotopic (exact) mass is 518 g/mol. The fraction of sp³-hybridized carbons (Fsp3) is 0.200. The number of esters is 4. The largest absolute Gasteiger partial charge is 0.457 e. The van der Waals surface area contributed by atoms with Crippen LogP contribution in [0.4, 0.5) is 0 Å². The first-order valence-electron chi connectivity index (χ1n) is 11.5. The molecule has 38 heavy (non-hydrogen) atoms. The number of hydrogen-bond donors (Lipinski definition) is 0. The molecule has 198 valence electrons. The molecule has 0 amide bonds. The lowest BCUT2D eigenvalue weighted by atomic mass is 9.99. The van der Waals surface area contributed by atoms with Gasteiger partial charge in [0.2, 0.25) is 0 Å². The average Bonchev–Trinajstić information content (AvgIpc) is 2.85. The van der Waals surface area contributed by atoms with Gasteiger partial charge in [-0.3, -0.25) is 0 Å². The summed E-state index contributed by atoms with van der Waals surface area (Å²) in [6.07, 6.45) is 0. The van der Waals surface area contributed by atoms with Crippen LogP contribution in [0.1, 0.15) is 38.8 Å². The van der Waals surface area contributed by atoms with E-state index in [9.17, 15) is 19.2 Å². The van der Waals surface area contributed by atoms with Crippen molar-refractivity contribution in [2.75, 3.05) is 0 Å². The van der Waals surface area contributed by atoms with Crippen molar-refractivity contribution in [2.24, 2.45) is 0 Å². The van der Waals surface area contributed by atoms with Crippen molar-refractivity contribution in [3.63, 3.8) is 0 Å². The predicted octanol–water partition coefficient (Wildman–Crippen LogP) is 5.56. The van der Waals surface area contributed by atoms with E-state index in [1.807, 2.05) is 0 Å². The first-order chi connectivity index (χ1) is 17.8. The van der Waals surface area contributed by atoms with E-state index in [1.54, 1.807) is 30.3 Å². The second-order valence-corrected chi connectivity index (χ2v) is 8.78. The maximum Gasteiger partial charge on any atom is 0.338 e. The molecule has 2 rings (SSSR count). The Labute approximate surface area is 221 Å². The minimum atomic E-state index is -0.660. The number of ether oxygens (including phenoxy) is 4. The van der Waals surface area contributed by atoms with E-state index in [4.69, 9.17) is 18.9 Å². The molecule has 0 N–H and O–H groups in total. The predicted molar refractivity (Wildman–Crippen MR) is 142 cm³/mol. The summed E-state index contributed by atoms with van der Waals surface area (Å²) in [6.45, 7) is 20.2. The topological polar surface area (TPSA) is 105 Å². The molecule has 0 aromatic heterocycles. The van der Waals surface area contributed by atoms with Gasteiger partial charge < -0.3 is 18.9 Å². The second-order valence-electron chi connectivity index (χ2n) is 8.78. The molecule has 8 heteroatoms. The Balaban J connectivity index is 2.58. The summed E-state index contributed by atoms with van der Waals surface area (Å²) in [7, 11) is 0. The van der Waals surface area contributed by atoms with Crippen molar-refractivity contribution in [1.29, 1.82) is 0 Å². The van der Waals surface area contributed by atoms with Gasteiger partial charge in [0.15, 0.2) is 0 Å². The maximum atomic E-state index is 12.2. The summed E-state index contributed by atoms with van der Waals surface area (Å²) < 4.78 is 21.3. The summed E-state index contributed by atoms with van der Waals surface area (Å²) in [5.41, 5.74) is 3.10. The van der Waals surface area contributed by atoms with Crippen LogP contribution in [-0.2, 0) is 41.9 Å². The molecule has 0 aliphatic carbocycles. The summed E-state index contributed by atoms with van der Waals surface area (Å²) in [6, 6.07) is 9.72. The number of rotatable bonds is 11. The zero-order valence-electron chi connectivity index (χ0n) is 22.0. The van der Waals surface area contributed by atoms with Crippen LogP contribution in [0.5, 0.6) is 11.5 Å². The van der Waals surface area contributed by atoms with E-state index < -0.39 is 23.9 Å². The molecule has 0 atom stereocenters. The molecule has 0 fully saturated rings. The van der Waals surface area contributed by atoms with E-state index in [0.717, 1.165) is 0 Å². The van der Waals surface area contributed by atoms with E-state index in [0.29, 0.717) is 22.3 Å². The Hall–Kier alpha value is -4.72. The molecule has 0 spiro atoms. The summed E-state index contributed by atoms with van der Waals surface area (Å²) >= 11 is 0. The molecule has 0 heterocycles. The Kier molecular flexibility index (Phi) is 10.1. The molecule has 0 bridgehead atoms. The lowest BCUT2D eigenvalue weighted by Crippen LogP contribution is -2.10. The van der Waals surface area contributed by atoms with Crippen molar-refractivity contribution in [2.45, 2.75) is 40.9 Å². The van der Waals surface area contributed by atoms with Gasteiger partial charge in [-0.1, -0.05) is 26.3 Å². The van der Waals surface area contributed by atoms with Gasteiger partial charge in [0.05, 0.1) is 0 Å². The zero-order valence-corrected chi connectivity index (χ0v) is 22.0.